The predicted octanol–water partition coefficient (Wildman–Crippen LogP) is 0.366. The molecule has 0 unspecified atom stereocenters. The lowest BCUT2D eigenvalue weighted by Gasteiger charge is -2.08. The number of hydrogen-bond acceptors (Lipinski definition) is 3. The van der Waals surface area contributed by atoms with E-state index in [1.165, 1.54) is 11.1 Å². The number of benzene rings is 1. The highest BCUT2D eigenvalue weighted by molar-refractivity contribution is 6.39. The maximum atomic E-state index is 11.7. The van der Waals surface area contributed by atoms with Gasteiger partial charge in [0.15, 0.2) is 0 Å². The summed E-state index contributed by atoms with van der Waals surface area (Å²) in [6, 6.07) is 5.67. The molecule has 0 aliphatic heterocycles. The van der Waals surface area contributed by atoms with Gasteiger partial charge in [0.2, 0.25) is 5.91 Å². The molecular formula is C15H19N3O3. The fraction of sp³-hybridized carbons (Fsp3) is 0.400. The Morgan fingerprint density at radius 2 is 1.81 bits per heavy atom. The highest BCUT2D eigenvalue weighted by Crippen LogP contribution is 2.24. The number of carbonyl (C=O) groups is 3. The van der Waals surface area contributed by atoms with Crippen LogP contribution in [0.1, 0.15) is 24.5 Å². The Balaban J connectivity index is 1.86. The van der Waals surface area contributed by atoms with Crippen LogP contribution < -0.4 is 16.0 Å². The summed E-state index contributed by atoms with van der Waals surface area (Å²) >= 11 is 0. The first-order chi connectivity index (χ1) is 10.1. The molecule has 2 rings (SSSR count). The van der Waals surface area contributed by atoms with E-state index in [1.807, 2.05) is 12.1 Å². The third-order valence-corrected chi connectivity index (χ3v) is 3.35. The van der Waals surface area contributed by atoms with Crippen LogP contribution in [0.4, 0.5) is 5.69 Å². The van der Waals surface area contributed by atoms with Gasteiger partial charge in [-0.3, -0.25) is 14.4 Å². The summed E-state index contributed by atoms with van der Waals surface area (Å²) in [7, 11) is 0. The average molecular weight is 289 g/mol. The van der Waals surface area contributed by atoms with Crippen LogP contribution in [-0.4, -0.2) is 30.8 Å². The number of anilines is 1. The molecule has 21 heavy (non-hydrogen) atoms. The summed E-state index contributed by atoms with van der Waals surface area (Å²) in [5, 5.41) is 7.35. The molecule has 0 fully saturated rings. The van der Waals surface area contributed by atoms with Crippen molar-refractivity contribution in [1.29, 1.82) is 0 Å². The van der Waals surface area contributed by atoms with Crippen molar-refractivity contribution in [3.8, 4) is 0 Å². The van der Waals surface area contributed by atoms with Gasteiger partial charge in [0.1, 0.15) is 0 Å². The van der Waals surface area contributed by atoms with E-state index in [1.54, 1.807) is 13.0 Å². The zero-order chi connectivity index (χ0) is 15.2. The number of rotatable bonds is 4. The van der Waals surface area contributed by atoms with Gasteiger partial charge in [-0.25, -0.2) is 0 Å². The quantitative estimate of drug-likeness (QED) is 0.700. The van der Waals surface area contributed by atoms with E-state index in [0.29, 0.717) is 12.2 Å². The van der Waals surface area contributed by atoms with Crippen LogP contribution >= 0.6 is 0 Å². The first kappa shape index (κ1) is 15.0. The number of aryl methyl sites for hydroxylation is 2. The molecule has 3 N–H and O–H groups in total. The summed E-state index contributed by atoms with van der Waals surface area (Å²) in [5.74, 6) is -1.91. The van der Waals surface area contributed by atoms with Crippen LogP contribution in [0.25, 0.3) is 0 Å². The second-order valence-corrected chi connectivity index (χ2v) is 4.93. The zero-order valence-electron chi connectivity index (χ0n) is 12.0. The standard InChI is InChI=1S/C15H19N3O3/c1-2-16-13(19)9-17-14(20)15(21)18-12-7-6-10-4-3-5-11(10)8-12/h6-8H,2-5,9H2,1H3,(H,16,19)(H,17,20)(H,18,21). The smallest absolute Gasteiger partial charge is 0.313 e. The van der Waals surface area contributed by atoms with Crippen LogP contribution in [0, 0.1) is 0 Å². The topological polar surface area (TPSA) is 87.3 Å². The van der Waals surface area contributed by atoms with Crippen molar-refractivity contribution >= 4 is 23.4 Å². The first-order valence-electron chi connectivity index (χ1n) is 7.08. The summed E-state index contributed by atoms with van der Waals surface area (Å²) in [4.78, 5) is 34.5. The summed E-state index contributed by atoms with van der Waals surface area (Å²) in [6.45, 7) is 2.06. The van der Waals surface area contributed by atoms with Crippen LogP contribution in [-0.2, 0) is 27.2 Å². The second-order valence-electron chi connectivity index (χ2n) is 4.93. The van der Waals surface area contributed by atoms with E-state index in [4.69, 9.17) is 0 Å². The lowest BCUT2D eigenvalue weighted by atomic mass is 10.1. The maximum absolute atomic E-state index is 11.7. The molecule has 0 radical (unpaired) electrons. The van der Waals surface area contributed by atoms with E-state index < -0.39 is 11.8 Å². The number of carbonyl (C=O) groups excluding carboxylic acids is 3. The molecule has 0 bridgehead atoms. The lowest BCUT2D eigenvalue weighted by Crippen LogP contribution is -2.41. The average Bonchev–Trinajstić information content (AvgIpc) is 2.92. The van der Waals surface area contributed by atoms with Crippen molar-refractivity contribution in [1.82, 2.24) is 10.6 Å². The van der Waals surface area contributed by atoms with E-state index in [-0.39, 0.29) is 12.5 Å². The summed E-state index contributed by atoms with van der Waals surface area (Å²) in [5.41, 5.74) is 3.12. The molecule has 6 heteroatoms. The molecule has 1 aliphatic carbocycles. The Morgan fingerprint density at radius 1 is 1.05 bits per heavy atom. The zero-order valence-corrected chi connectivity index (χ0v) is 12.0. The third kappa shape index (κ3) is 4.05. The SMILES string of the molecule is CCNC(=O)CNC(=O)C(=O)Nc1ccc2c(c1)CCC2. The summed E-state index contributed by atoms with van der Waals surface area (Å²) < 4.78 is 0. The fourth-order valence-corrected chi connectivity index (χ4v) is 2.34. The fourth-order valence-electron chi connectivity index (χ4n) is 2.34. The minimum absolute atomic E-state index is 0.204. The van der Waals surface area contributed by atoms with Crippen molar-refractivity contribution in [3.05, 3.63) is 29.3 Å². The van der Waals surface area contributed by atoms with E-state index in [9.17, 15) is 14.4 Å². The Hall–Kier alpha value is -2.37. The van der Waals surface area contributed by atoms with Gasteiger partial charge in [-0.15, -0.1) is 0 Å². The molecule has 1 aromatic rings. The predicted molar refractivity (Wildman–Crippen MR) is 78.8 cm³/mol. The number of likely N-dealkylation sites (N-methyl/N-ethyl adjacent to an activating group) is 1. The number of nitrogens with one attached hydrogen (secondary N) is 3. The van der Waals surface area contributed by atoms with Gasteiger partial charge in [0, 0.05) is 12.2 Å². The first-order valence-corrected chi connectivity index (χ1v) is 7.08. The normalized spacial score (nSPS) is 12.4. The Morgan fingerprint density at radius 3 is 2.57 bits per heavy atom. The Kier molecular flexibility index (Phi) is 4.92. The maximum Gasteiger partial charge on any atom is 0.313 e. The molecule has 0 aromatic heterocycles. The minimum Gasteiger partial charge on any atom is -0.355 e. The molecule has 0 heterocycles. The minimum atomic E-state index is -0.818. The van der Waals surface area contributed by atoms with Gasteiger partial charge in [-0.05, 0) is 49.4 Å². The van der Waals surface area contributed by atoms with E-state index in [0.717, 1.165) is 19.3 Å². The van der Waals surface area contributed by atoms with Gasteiger partial charge in [-0.1, -0.05) is 6.07 Å². The molecule has 3 amide bonds. The molecule has 0 spiro atoms. The van der Waals surface area contributed by atoms with Crippen LogP contribution in [0.3, 0.4) is 0 Å². The van der Waals surface area contributed by atoms with Crippen molar-refractivity contribution < 1.29 is 14.4 Å². The highest BCUT2D eigenvalue weighted by atomic mass is 16.2. The van der Waals surface area contributed by atoms with Crippen molar-refractivity contribution in [3.63, 3.8) is 0 Å². The molecule has 6 nitrogen and oxygen atoms in total. The van der Waals surface area contributed by atoms with Crippen LogP contribution in [0.2, 0.25) is 0 Å². The lowest BCUT2D eigenvalue weighted by molar-refractivity contribution is -0.136. The van der Waals surface area contributed by atoms with Gasteiger partial charge in [-0.2, -0.15) is 0 Å². The molecule has 112 valence electrons. The van der Waals surface area contributed by atoms with E-state index in [2.05, 4.69) is 16.0 Å². The van der Waals surface area contributed by atoms with Gasteiger partial charge < -0.3 is 16.0 Å². The molecule has 0 saturated carbocycles. The molecule has 1 aromatic carbocycles. The number of amides is 3. The molecule has 1 aliphatic rings. The Bertz CT molecular complexity index is 569. The number of fused-ring (bicyclic) bond motifs is 1. The monoisotopic (exact) mass is 289 g/mol. The molecular weight excluding hydrogens is 270 g/mol. The van der Waals surface area contributed by atoms with Gasteiger partial charge >= 0.3 is 11.8 Å². The third-order valence-electron chi connectivity index (χ3n) is 3.35. The highest BCUT2D eigenvalue weighted by Gasteiger charge is 2.16. The Labute approximate surface area is 123 Å². The van der Waals surface area contributed by atoms with Crippen molar-refractivity contribution in [2.75, 3.05) is 18.4 Å². The summed E-state index contributed by atoms with van der Waals surface area (Å²) in [6.07, 6.45) is 3.19. The van der Waals surface area contributed by atoms with Crippen LogP contribution in [0.5, 0.6) is 0 Å². The largest absolute Gasteiger partial charge is 0.355 e. The molecule has 0 saturated heterocycles. The van der Waals surface area contributed by atoms with E-state index >= 15 is 0 Å². The molecule has 0 atom stereocenters. The van der Waals surface area contributed by atoms with Crippen molar-refractivity contribution in [2.45, 2.75) is 26.2 Å². The number of hydrogen-bond donors (Lipinski definition) is 3. The van der Waals surface area contributed by atoms with Crippen molar-refractivity contribution in [2.24, 2.45) is 0 Å². The van der Waals surface area contributed by atoms with Gasteiger partial charge in [0.25, 0.3) is 0 Å². The van der Waals surface area contributed by atoms with Gasteiger partial charge in [0.05, 0.1) is 6.54 Å². The second kappa shape index (κ2) is 6.88. The van der Waals surface area contributed by atoms with Crippen LogP contribution in [0.15, 0.2) is 18.2 Å².